The first-order valence-corrected chi connectivity index (χ1v) is 7.31. The molecule has 0 spiro atoms. The molecule has 21 heavy (non-hydrogen) atoms. The Kier molecular flexibility index (Phi) is 3.81. The molecule has 2 aromatic heterocycles. The van der Waals surface area contributed by atoms with Crippen LogP contribution in [-0.4, -0.2) is 19.5 Å². The average molecular weight is 281 g/mol. The van der Waals surface area contributed by atoms with Gasteiger partial charge in [-0.25, -0.2) is 9.97 Å². The molecule has 0 radical (unpaired) electrons. The summed E-state index contributed by atoms with van der Waals surface area (Å²) in [5, 5.41) is 8.43. The molecule has 2 N–H and O–H groups in total. The summed E-state index contributed by atoms with van der Waals surface area (Å²) in [5.74, 6) is 0.935. The monoisotopic (exact) mass is 281 g/mol. The summed E-state index contributed by atoms with van der Waals surface area (Å²) in [6.45, 7) is 2.83. The van der Waals surface area contributed by atoms with Crippen molar-refractivity contribution in [1.82, 2.24) is 19.5 Å². The van der Waals surface area contributed by atoms with Crippen LogP contribution in [-0.2, 0) is 13.0 Å². The third-order valence-electron chi connectivity index (χ3n) is 3.61. The van der Waals surface area contributed by atoms with E-state index in [0.29, 0.717) is 23.2 Å². The molecule has 0 aliphatic heterocycles. The number of H-pyrrole nitrogens is 1. The van der Waals surface area contributed by atoms with Crippen molar-refractivity contribution < 1.29 is 0 Å². The lowest BCUT2D eigenvalue weighted by Crippen LogP contribution is -2.26. The van der Waals surface area contributed by atoms with Crippen LogP contribution in [0.15, 0.2) is 36.7 Å². The minimum atomic E-state index is 0.451. The first-order valence-electron chi connectivity index (χ1n) is 7.31. The molecule has 0 saturated carbocycles. The lowest BCUT2D eigenvalue weighted by Gasteiger charge is -2.13. The van der Waals surface area contributed by atoms with Gasteiger partial charge in [-0.1, -0.05) is 43.7 Å². The predicted molar refractivity (Wildman–Crippen MR) is 81.9 cm³/mol. The number of imidazole rings is 1. The van der Waals surface area contributed by atoms with Gasteiger partial charge in [-0.2, -0.15) is 0 Å². The highest BCUT2D eigenvalue weighted by atomic mass is 15.1. The van der Waals surface area contributed by atoms with Crippen LogP contribution >= 0.6 is 0 Å². The fraction of sp³-hybridized carbons (Fsp3) is 0.312. The number of hydrogen-bond donors (Lipinski definition) is 2. The summed E-state index contributed by atoms with van der Waals surface area (Å²) < 4.78 is 1.98. The van der Waals surface area contributed by atoms with Crippen LogP contribution in [0.4, 0.5) is 0 Å². The summed E-state index contributed by atoms with van der Waals surface area (Å²) in [6.07, 6.45) is 4.65. The van der Waals surface area contributed by atoms with E-state index in [1.165, 1.54) is 5.56 Å². The molecular formula is C16H19N5. The minimum absolute atomic E-state index is 0.451. The number of benzene rings is 1. The zero-order chi connectivity index (χ0) is 14.7. The van der Waals surface area contributed by atoms with E-state index in [-0.39, 0.29) is 0 Å². The van der Waals surface area contributed by atoms with Gasteiger partial charge in [-0.3, -0.25) is 5.41 Å². The van der Waals surface area contributed by atoms with Gasteiger partial charge in [0.05, 0.1) is 12.9 Å². The van der Waals surface area contributed by atoms with Crippen LogP contribution in [0.25, 0.3) is 11.2 Å². The van der Waals surface area contributed by atoms with Gasteiger partial charge in [-0.15, -0.1) is 0 Å². The van der Waals surface area contributed by atoms with Gasteiger partial charge in [-0.05, 0) is 12.0 Å². The highest BCUT2D eigenvalue weighted by Gasteiger charge is 2.10. The minimum Gasteiger partial charge on any atom is -0.340 e. The third kappa shape index (κ3) is 2.72. The Morgan fingerprint density at radius 2 is 2.05 bits per heavy atom. The van der Waals surface area contributed by atoms with E-state index >= 15 is 0 Å². The summed E-state index contributed by atoms with van der Waals surface area (Å²) in [6, 6.07) is 10.2. The van der Waals surface area contributed by atoms with E-state index in [2.05, 4.69) is 34.0 Å². The van der Waals surface area contributed by atoms with Gasteiger partial charge in [0, 0.05) is 6.42 Å². The topological polar surface area (TPSA) is 70.3 Å². The molecule has 0 atom stereocenters. The lowest BCUT2D eigenvalue weighted by molar-refractivity contribution is 0.632. The molecule has 1 aromatic carbocycles. The lowest BCUT2D eigenvalue weighted by atomic mass is 10.2. The van der Waals surface area contributed by atoms with E-state index in [1.54, 1.807) is 6.33 Å². The molecule has 5 heteroatoms. The van der Waals surface area contributed by atoms with E-state index in [4.69, 9.17) is 5.41 Å². The molecule has 108 valence electrons. The number of unbranched alkanes of at least 4 members (excludes halogenated alkanes) is 1. The van der Waals surface area contributed by atoms with Crippen molar-refractivity contribution in [3.05, 3.63) is 53.5 Å². The number of aromatic nitrogens is 4. The predicted octanol–water partition coefficient (Wildman–Crippen LogP) is 2.63. The highest BCUT2D eigenvalue weighted by Crippen LogP contribution is 2.09. The average Bonchev–Trinajstić information content (AvgIpc) is 2.98. The molecular weight excluding hydrogens is 262 g/mol. The van der Waals surface area contributed by atoms with Crippen LogP contribution in [0.1, 0.15) is 31.2 Å². The normalized spacial score (nSPS) is 11.1. The molecule has 0 fully saturated rings. The second-order valence-electron chi connectivity index (χ2n) is 5.15. The highest BCUT2D eigenvalue weighted by molar-refractivity contribution is 5.67. The van der Waals surface area contributed by atoms with Crippen LogP contribution in [0.2, 0.25) is 0 Å². The number of hydrogen-bond acceptors (Lipinski definition) is 3. The van der Waals surface area contributed by atoms with Crippen molar-refractivity contribution in [2.75, 3.05) is 0 Å². The van der Waals surface area contributed by atoms with E-state index in [1.807, 2.05) is 22.8 Å². The molecule has 0 aliphatic carbocycles. The number of nitrogens with zero attached hydrogens (tertiary/aromatic N) is 3. The Labute approximate surface area is 123 Å². The van der Waals surface area contributed by atoms with E-state index < -0.39 is 0 Å². The maximum atomic E-state index is 8.43. The Balaban J connectivity index is 2.08. The molecule has 0 unspecified atom stereocenters. The van der Waals surface area contributed by atoms with Gasteiger partial charge >= 0.3 is 0 Å². The van der Waals surface area contributed by atoms with Crippen molar-refractivity contribution in [1.29, 1.82) is 5.41 Å². The van der Waals surface area contributed by atoms with Crippen molar-refractivity contribution in [2.45, 2.75) is 32.7 Å². The molecule has 2 heterocycles. The zero-order valence-electron chi connectivity index (χ0n) is 12.1. The standard InChI is InChI=1S/C16H19N5/c1-2-3-9-13-20-16-14(18-11-19-16)15(17)21(13)10-12-7-5-4-6-8-12/h4-8,11,17H,2-3,9-10H2,1H3,(H,18,19). The summed E-state index contributed by atoms with van der Waals surface area (Å²) in [7, 11) is 0. The Hall–Kier alpha value is -2.43. The number of aromatic amines is 1. The van der Waals surface area contributed by atoms with Crippen LogP contribution in [0.5, 0.6) is 0 Å². The second-order valence-corrected chi connectivity index (χ2v) is 5.15. The number of aryl methyl sites for hydroxylation is 1. The van der Waals surface area contributed by atoms with Crippen molar-refractivity contribution >= 4 is 11.2 Å². The van der Waals surface area contributed by atoms with E-state index in [0.717, 1.165) is 25.1 Å². The number of rotatable bonds is 5. The maximum Gasteiger partial charge on any atom is 0.182 e. The summed E-state index contributed by atoms with van der Waals surface area (Å²) in [4.78, 5) is 11.8. The fourth-order valence-corrected chi connectivity index (χ4v) is 2.45. The maximum absolute atomic E-state index is 8.43. The molecule has 0 bridgehead atoms. The number of fused-ring (bicyclic) bond motifs is 1. The van der Waals surface area contributed by atoms with Crippen molar-refractivity contribution in [2.24, 2.45) is 0 Å². The summed E-state index contributed by atoms with van der Waals surface area (Å²) >= 11 is 0. The Morgan fingerprint density at radius 1 is 1.24 bits per heavy atom. The molecule has 0 amide bonds. The zero-order valence-corrected chi connectivity index (χ0v) is 12.1. The summed E-state index contributed by atoms with van der Waals surface area (Å²) in [5.41, 5.74) is 2.96. The molecule has 3 aromatic rings. The van der Waals surface area contributed by atoms with E-state index in [9.17, 15) is 0 Å². The van der Waals surface area contributed by atoms with Gasteiger partial charge < -0.3 is 9.55 Å². The van der Waals surface area contributed by atoms with Gasteiger partial charge in [0.2, 0.25) is 0 Å². The second kappa shape index (κ2) is 5.91. The van der Waals surface area contributed by atoms with Crippen LogP contribution in [0.3, 0.4) is 0 Å². The SMILES string of the molecule is CCCCc1nc2nc[nH]c2c(=N)n1Cc1ccccc1. The molecule has 0 saturated heterocycles. The smallest absolute Gasteiger partial charge is 0.182 e. The Morgan fingerprint density at radius 3 is 2.81 bits per heavy atom. The molecule has 0 aliphatic rings. The molecule has 5 nitrogen and oxygen atoms in total. The van der Waals surface area contributed by atoms with Crippen molar-refractivity contribution in [3.63, 3.8) is 0 Å². The van der Waals surface area contributed by atoms with Gasteiger partial charge in [0.1, 0.15) is 11.3 Å². The quantitative estimate of drug-likeness (QED) is 0.754. The first-order chi connectivity index (χ1) is 10.3. The van der Waals surface area contributed by atoms with Crippen molar-refractivity contribution in [3.8, 4) is 0 Å². The third-order valence-corrected chi connectivity index (χ3v) is 3.61. The fourth-order valence-electron chi connectivity index (χ4n) is 2.45. The van der Waals surface area contributed by atoms with Crippen LogP contribution in [0, 0.1) is 5.41 Å². The Bertz CT molecular complexity index is 785. The first kappa shape index (κ1) is 13.5. The van der Waals surface area contributed by atoms with Gasteiger partial charge in [0.15, 0.2) is 11.1 Å². The largest absolute Gasteiger partial charge is 0.340 e. The van der Waals surface area contributed by atoms with Gasteiger partial charge in [0.25, 0.3) is 0 Å². The number of nitrogens with one attached hydrogen (secondary N) is 2. The molecule has 3 rings (SSSR count). The van der Waals surface area contributed by atoms with Crippen LogP contribution < -0.4 is 5.49 Å².